The van der Waals surface area contributed by atoms with Gasteiger partial charge >= 0.3 is 0 Å². The Morgan fingerprint density at radius 3 is 2.95 bits per heavy atom. The van der Waals surface area contributed by atoms with Crippen molar-refractivity contribution in [3.8, 4) is 0 Å². The fraction of sp³-hybridized carbons (Fsp3) is 0.692. The average molecular weight is 299 g/mol. The quantitative estimate of drug-likeness (QED) is 0.624. The van der Waals surface area contributed by atoms with Gasteiger partial charge in [0.15, 0.2) is 4.34 Å². The van der Waals surface area contributed by atoms with Crippen LogP contribution in [0.25, 0.3) is 0 Å². The van der Waals surface area contributed by atoms with Crippen LogP contribution in [-0.2, 0) is 0 Å². The molecule has 0 radical (unpaired) electrons. The molecule has 1 aliphatic rings. The van der Waals surface area contributed by atoms with E-state index in [0.717, 1.165) is 46.8 Å². The Balaban J connectivity index is 1.81. The molecule has 1 aromatic rings. The highest BCUT2D eigenvalue weighted by Crippen LogP contribution is 2.36. The highest BCUT2D eigenvalue weighted by molar-refractivity contribution is 8.01. The molecule has 19 heavy (non-hydrogen) atoms. The summed E-state index contributed by atoms with van der Waals surface area (Å²) >= 11 is 3.14. The van der Waals surface area contributed by atoms with Gasteiger partial charge in [0.25, 0.3) is 0 Å². The van der Waals surface area contributed by atoms with E-state index in [1.165, 1.54) is 11.3 Å². The number of nitrogens with one attached hydrogen (secondary N) is 1. The van der Waals surface area contributed by atoms with Crippen molar-refractivity contribution in [2.24, 2.45) is 5.92 Å². The average Bonchev–Trinajstić information content (AvgIpc) is 2.86. The highest BCUT2D eigenvalue weighted by atomic mass is 32.2. The van der Waals surface area contributed by atoms with Crippen molar-refractivity contribution in [2.75, 3.05) is 17.6 Å². The van der Waals surface area contributed by atoms with E-state index in [2.05, 4.69) is 29.0 Å². The number of aliphatic hydroxyl groups is 1. The van der Waals surface area contributed by atoms with Crippen LogP contribution in [0, 0.1) is 5.92 Å². The van der Waals surface area contributed by atoms with E-state index in [1.807, 2.05) is 0 Å². The van der Waals surface area contributed by atoms with Crippen LogP contribution in [-0.4, -0.2) is 33.2 Å². The van der Waals surface area contributed by atoms with Crippen molar-refractivity contribution in [3.05, 3.63) is 12.7 Å². The third-order valence-corrected chi connectivity index (χ3v) is 5.76. The van der Waals surface area contributed by atoms with Gasteiger partial charge in [-0.2, -0.15) is 0 Å². The second-order valence-corrected chi connectivity index (χ2v) is 7.44. The molecule has 1 heterocycles. The number of hydrogen-bond donors (Lipinski definition) is 2. The Morgan fingerprint density at radius 2 is 2.26 bits per heavy atom. The molecule has 1 fully saturated rings. The first-order valence-corrected chi connectivity index (χ1v) is 8.45. The molecule has 0 spiro atoms. The van der Waals surface area contributed by atoms with Crippen molar-refractivity contribution in [1.29, 1.82) is 0 Å². The van der Waals surface area contributed by atoms with Crippen LogP contribution in [0.3, 0.4) is 0 Å². The lowest BCUT2D eigenvalue weighted by Crippen LogP contribution is -2.36. The highest BCUT2D eigenvalue weighted by Gasteiger charge is 2.32. The van der Waals surface area contributed by atoms with Crippen LogP contribution in [0.1, 0.15) is 32.6 Å². The number of aromatic nitrogens is 2. The third kappa shape index (κ3) is 4.47. The summed E-state index contributed by atoms with van der Waals surface area (Å²) in [6.45, 7) is 6.61. The molecular weight excluding hydrogens is 278 g/mol. The lowest BCUT2D eigenvalue weighted by atomic mass is 9.81. The van der Waals surface area contributed by atoms with Crippen molar-refractivity contribution in [3.63, 3.8) is 0 Å². The molecule has 1 aliphatic carbocycles. The van der Waals surface area contributed by atoms with E-state index in [-0.39, 0.29) is 0 Å². The molecule has 0 unspecified atom stereocenters. The van der Waals surface area contributed by atoms with Gasteiger partial charge in [-0.1, -0.05) is 36.1 Å². The standard InChI is InChI=1S/C13H21N3OS2/c1-3-8-14-11-15-16-12(19-11)18-9-13(17)6-4-10(2)5-7-13/h3,10,17H,1,4-9H2,2H3,(H,14,15). The molecule has 1 aromatic heterocycles. The molecule has 2 N–H and O–H groups in total. The van der Waals surface area contributed by atoms with Crippen LogP contribution in [0.5, 0.6) is 0 Å². The van der Waals surface area contributed by atoms with E-state index in [4.69, 9.17) is 0 Å². The normalized spacial score (nSPS) is 27.2. The molecule has 1 saturated carbocycles. The molecule has 106 valence electrons. The zero-order chi connectivity index (χ0) is 13.7. The molecule has 0 saturated heterocycles. The SMILES string of the molecule is C=CCNc1nnc(SCC2(O)CCC(C)CC2)s1. The summed E-state index contributed by atoms with van der Waals surface area (Å²) in [6.07, 6.45) is 5.85. The van der Waals surface area contributed by atoms with E-state index in [1.54, 1.807) is 17.8 Å². The van der Waals surface area contributed by atoms with Gasteiger partial charge in [-0.3, -0.25) is 0 Å². The number of rotatable bonds is 6. The summed E-state index contributed by atoms with van der Waals surface area (Å²) in [5.74, 6) is 1.47. The van der Waals surface area contributed by atoms with E-state index in [9.17, 15) is 5.11 Å². The molecule has 0 bridgehead atoms. The van der Waals surface area contributed by atoms with Gasteiger partial charge in [0.1, 0.15) is 0 Å². The van der Waals surface area contributed by atoms with Gasteiger partial charge in [0.05, 0.1) is 5.60 Å². The van der Waals surface area contributed by atoms with E-state index >= 15 is 0 Å². The zero-order valence-electron chi connectivity index (χ0n) is 11.3. The predicted molar refractivity (Wildman–Crippen MR) is 81.9 cm³/mol. The Bertz CT molecular complexity index is 414. The molecule has 6 heteroatoms. The summed E-state index contributed by atoms with van der Waals surface area (Å²) in [6, 6.07) is 0. The van der Waals surface area contributed by atoms with Crippen molar-refractivity contribution in [1.82, 2.24) is 10.2 Å². The topological polar surface area (TPSA) is 58.0 Å². The van der Waals surface area contributed by atoms with Crippen molar-refractivity contribution < 1.29 is 5.11 Å². The maximum atomic E-state index is 10.5. The summed E-state index contributed by atoms with van der Waals surface area (Å²) in [5, 5.41) is 22.6. The maximum Gasteiger partial charge on any atom is 0.206 e. The van der Waals surface area contributed by atoms with E-state index in [0.29, 0.717) is 6.54 Å². The minimum atomic E-state index is -0.516. The van der Waals surface area contributed by atoms with Crippen LogP contribution in [0.2, 0.25) is 0 Å². The first-order valence-electron chi connectivity index (χ1n) is 6.65. The van der Waals surface area contributed by atoms with Gasteiger partial charge in [0, 0.05) is 12.3 Å². The first kappa shape index (κ1) is 14.8. The van der Waals surface area contributed by atoms with E-state index < -0.39 is 5.60 Å². The largest absolute Gasteiger partial charge is 0.389 e. The zero-order valence-corrected chi connectivity index (χ0v) is 12.9. The maximum absolute atomic E-state index is 10.5. The summed E-state index contributed by atoms with van der Waals surface area (Å²) in [7, 11) is 0. The van der Waals surface area contributed by atoms with Gasteiger partial charge < -0.3 is 10.4 Å². The number of anilines is 1. The van der Waals surface area contributed by atoms with Gasteiger partial charge in [-0.05, 0) is 31.6 Å². The van der Waals surface area contributed by atoms with Crippen molar-refractivity contribution >= 4 is 28.2 Å². The Kier molecular flexibility index (Phi) is 5.24. The van der Waals surface area contributed by atoms with Crippen LogP contribution in [0.15, 0.2) is 17.0 Å². The van der Waals surface area contributed by atoms with Crippen molar-refractivity contribution in [2.45, 2.75) is 42.5 Å². The second-order valence-electron chi connectivity index (χ2n) is 5.24. The second kappa shape index (κ2) is 6.72. The van der Waals surface area contributed by atoms with Crippen LogP contribution >= 0.6 is 23.1 Å². The number of hydrogen-bond acceptors (Lipinski definition) is 6. The fourth-order valence-electron chi connectivity index (χ4n) is 2.14. The van der Waals surface area contributed by atoms with Gasteiger partial charge in [0.2, 0.25) is 5.13 Å². The molecular formula is C13H21N3OS2. The fourth-order valence-corrected chi connectivity index (χ4v) is 4.05. The first-order chi connectivity index (χ1) is 9.11. The molecule has 0 aliphatic heterocycles. The Hall–Kier alpha value is -0.590. The summed E-state index contributed by atoms with van der Waals surface area (Å²) < 4.78 is 0.915. The molecule has 4 nitrogen and oxygen atoms in total. The molecule has 0 aromatic carbocycles. The summed E-state index contributed by atoms with van der Waals surface area (Å²) in [4.78, 5) is 0. The minimum absolute atomic E-state index is 0.516. The number of nitrogens with zero attached hydrogens (tertiary/aromatic N) is 2. The molecule has 2 rings (SSSR count). The van der Waals surface area contributed by atoms with Crippen LogP contribution in [0.4, 0.5) is 5.13 Å². The molecule has 0 atom stereocenters. The smallest absolute Gasteiger partial charge is 0.206 e. The Labute approximate surface area is 122 Å². The third-order valence-electron chi connectivity index (χ3n) is 3.47. The number of thioether (sulfide) groups is 1. The monoisotopic (exact) mass is 299 g/mol. The predicted octanol–water partition coefficient (Wildman–Crippen LogP) is 3.17. The summed E-state index contributed by atoms with van der Waals surface area (Å²) in [5.41, 5.74) is -0.516. The van der Waals surface area contributed by atoms with Gasteiger partial charge in [-0.25, -0.2) is 0 Å². The van der Waals surface area contributed by atoms with Gasteiger partial charge in [-0.15, -0.1) is 16.8 Å². The lowest BCUT2D eigenvalue weighted by molar-refractivity contribution is 0.0150. The molecule has 0 amide bonds. The minimum Gasteiger partial charge on any atom is -0.389 e. The van der Waals surface area contributed by atoms with Crippen LogP contribution < -0.4 is 5.32 Å². The lowest BCUT2D eigenvalue weighted by Gasteiger charge is -2.34. The Morgan fingerprint density at radius 1 is 1.53 bits per heavy atom.